The Labute approximate surface area is 88.8 Å². The van der Waals surface area contributed by atoms with Crippen molar-refractivity contribution in [2.24, 2.45) is 5.92 Å². The van der Waals surface area contributed by atoms with E-state index in [0.717, 1.165) is 12.8 Å². The number of carbonyl (C=O) groups excluding carboxylic acids is 2. The summed E-state index contributed by atoms with van der Waals surface area (Å²) in [6.07, 6.45) is 5.91. The molecule has 2 N–H and O–H groups in total. The highest BCUT2D eigenvalue weighted by Gasteiger charge is 2.14. The Morgan fingerprint density at radius 2 is 2.27 bits per heavy atom. The molecule has 0 saturated carbocycles. The lowest BCUT2D eigenvalue weighted by Crippen LogP contribution is -2.42. The Balaban J connectivity index is 2.13. The summed E-state index contributed by atoms with van der Waals surface area (Å²) >= 11 is 0. The predicted molar refractivity (Wildman–Crippen MR) is 54.8 cm³/mol. The van der Waals surface area contributed by atoms with Crippen molar-refractivity contribution in [1.29, 1.82) is 0 Å². The van der Waals surface area contributed by atoms with E-state index in [4.69, 9.17) is 0 Å². The first-order valence-electron chi connectivity index (χ1n) is 5.10. The van der Waals surface area contributed by atoms with Gasteiger partial charge in [0.25, 0.3) is 0 Å². The van der Waals surface area contributed by atoms with Crippen LogP contribution in [0.15, 0.2) is 12.2 Å². The summed E-state index contributed by atoms with van der Waals surface area (Å²) in [6, 6.07) is 0. The smallest absolute Gasteiger partial charge is 0.426 e. The molecule has 5 heteroatoms. The van der Waals surface area contributed by atoms with Gasteiger partial charge < -0.3 is 4.74 Å². The minimum absolute atomic E-state index is 0.195. The van der Waals surface area contributed by atoms with Crippen molar-refractivity contribution in [1.82, 2.24) is 10.9 Å². The molecule has 0 radical (unpaired) electrons. The average molecular weight is 212 g/mol. The maximum Gasteiger partial charge on any atom is 0.426 e. The van der Waals surface area contributed by atoms with Gasteiger partial charge in [-0.05, 0) is 25.7 Å². The van der Waals surface area contributed by atoms with Crippen molar-refractivity contribution >= 4 is 12.0 Å². The van der Waals surface area contributed by atoms with Crippen molar-refractivity contribution in [3.05, 3.63) is 12.2 Å². The Morgan fingerprint density at radius 3 is 2.87 bits per heavy atom. The van der Waals surface area contributed by atoms with Gasteiger partial charge in [-0.1, -0.05) is 12.2 Å². The average Bonchev–Trinajstić information content (AvgIpc) is 2.68. The van der Waals surface area contributed by atoms with Gasteiger partial charge >= 0.3 is 6.09 Å². The zero-order valence-corrected chi connectivity index (χ0v) is 8.79. The number of hydrogen-bond donors (Lipinski definition) is 2. The third-order valence-corrected chi connectivity index (χ3v) is 2.14. The van der Waals surface area contributed by atoms with Crippen LogP contribution in [0.25, 0.3) is 0 Å². The maximum atomic E-state index is 11.3. The largest absolute Gasteiger partial charge is 0.449 e. The van der Waals surface area contributed by atoms with Gasteiger partial charge in [0.1, 0.15) is 0 Å². The van der Waals surface area contributed by atoms with Gasteiger partial charge in [-0.3, -0.25) is 10.2 Å². The molecule has 0 aromatic heterocycles. The highest BCUT2D eigenvalue weighted by atomic mass is 16.5. The summed E-state index contributed by atoms with van der Waals surface area (Å²) in [4.78, 5) is 22.1. The van der Waals surface area contributed by atoms with Crippen molar-refractivity contribution in [2.45, 2.75) is 26.2 Å². The minimum atomic E-state index is -0.632. The number of hydrogen-bond acceptors (Lipinski definition) is 3. The van der Waals surface area contributed by atoms with Gasteiger partial charge in [0, 0.05) is 6.42 Å². The lowest BCUT2D eigenvalue weighted by atomic mass is 10.1. The summed E-state index contributed by atoms with van der Waals surface area (Å²) in [7, 11) is 0. The van der Waals surface area contributed by atoms with Crippen LogP contribution < -0.4 is 10.9 Å². The summed E-state index contributed by atoms with van der Waals surface area (Å²) < 4.78 is 4.58. The molecular formula is C10H16N2O3. The molecule has 1 aliphatic rings. The highest BCUT2D eigenvalue weighted by Crippen LogP contribution is 2.19. The molecular weight excluding hydrogens is 196 g/mol. The molecule has 0 heterocycles. The molecule has 0 bridgehead atoms. The number of hydrazine groups is 1. The zero-order chi connectivity index (χ0) is 11.1. The summed E-state index contributed by atoms with van der Waals surface area (Å²) in [5, 5.41) is 0. The second-order valence-electron chi connectivity index (χ2n) is 3.36. The van der Waals surface area contributed by atoms with E-state index in [1.807, 2.05) is 6.08 Å². The molecule has 1 aliphatic carbocycles. The molecule has 5 nitrogen and oxygen atoms in total. The summed E-state index contributed by atoms with van der Waals surface area (Å²) in [6.45, 7) is 1.98. The van der Waals surface area contributed by atoms with Gasteiger partial charge in [-0.25, -0.2) is 10.2 Å². The fraction of sp³-hybridized carbons (Fsp3) is 0.600. The number of nitrogens with one attached hydrogen (secondary N) is 2. The first kappa shape index (κ1) is 11.6. The fourth-order valence-corrected chi connectivity index (χ4v) is 1.44. The van der Waals surface area contributed by atoms with E-state index >= 15 is 0 Å². The SMILES string of the molecule is CCOC(=O)NNC(=O)C[C@@H]1C=CCC1. The quantitative estimate of drug-likeness (QED) is 0.544. The normalized spacial score (nSPS) is 18.6. The number of allylic oxidation sites excluding steroid dienone is 2. The van der Waals surface area contributed by atoms with E-state index in [-0.39, 0.29) is 12.5 Å². The van der Waals surface area contributed by atoms with Crippen molar-refractivity contribution in [2.75, 3.05) is 6.61 Å². The standard InChI is InChI=1S/C10H16N2O3/c1-2-15-10(14)12-11-9(13)7-8-5-3-4-6-8/h3,5,8H,2,4,6-7H2,1H3,(H,11,13)(H,12,14)/t8-/m1/s1. The predicted octanol–water partition coefficient (Wildman–Crippen LogP) is 1.12. The Bertz CT molecular complexity index is 263. The summed E-state index contributed by atoms with van der Waals surface area (Å²) in [5.41, 5.74) is 4.47. The van der Waals surface area contributed by atoms with Crippen LogP contribution in [0.3, 0.4) is 0 Å². The third-order valence-electron chi connectivity index (χ3n) is 2.14. The maximum absolute atomic E-state index is 11.3. The van der Waals surface area contributed by atoms with Gasteiger partial charge in [0.2, 0.25) is 5.91 Å². The number of amides is 2. The van der Waals surface area contributed by atoms with E-state index in [2.05, 4.69) is 21.7 Å². The molecule has 0 saturated heterocycles. The summed E-state index contributed by atoms with van der Waals surface area (Å²) in [5.74, 6) is 0.105. The van der Waals surface area contributed by atoms with Crippen LogP contribution in [0.1, 0.15) is 26.2 Å². The van der Waals surface area contributed by atoms with Crippen molar-refractivity contribution < 1.29 is 14.3 Å². The van der Waals surface area contributed by atoms with Crippen molar-refractivity contribution in [3.63, 3.8) is 0 Å². The second-order valence-corrected chi connectivity index (χ2v) is 3.36. The van der Waals surface area contributed by atoms with E-state index in [0.29, 0.717) is 12.3 Å². The molecule has 1 rings (SSSR count). The number of ether oxygens (including phenoxy) is 1. The molecule has 1 atom stereocenters. The van der Waals surface area contributed by atoms with Crippen molar-refractivity contribution in [3.8, 4) is 0 Å². The van der Waals surface area contributed by atoms with Gasteiger partial charge in [0.15, 0.2) is 0 Å². The number of carbonyl (C=O) groups is 2. The van der Waals surface area contributed by atoms with Crippen LogP contribution in [-0.2, 0) is 9.53 Å². The monoisotopic (exact) mass is 212 g/mol. The lowest BCUT2D eigenvalue weighted by Gasteiger charge is -2.09. The van der Waals surface area contributed by atoms with Gasteiger partial charge in [-0.15, -0.1) is 0 Å². The highest BCUT2D eigenvalue weighted by molar-refractivity contribution is 5.79. The zero-order valence-electron chi connectivity index (χ0n) is 8.79. The third kappa shape index (κ3) is 4.49. The molecule has 0 fully saturated rings. The van der Waals surface area contributed by atoms with Crippen LogP contribution in [0.5, 0.6) is 0 Å². The van der Waals surface area contributed by atoms with Crippen LogP contribution in [0, 0.1) is 5.92 Å². The second kappa shape index (κ2) is 6.06. The fourth-order valence-electron chi connectivity index (χ4n) is 1.44. The molecule has 0 spiro atoms. The van der Waals surface area contributed by atoms with Crippen LogP contribution >= 0.6 is 0 Å². The molecule has 0 unspecified atom stereocenters. The van der Waals surface area contributed by atoms with Crippen LogP contribution in [0.2, 0.25) is 0 Å². The molecule has 15 heavy (non-hydrogen) atoms. The van der Waals surface area contributed by atoms with E-state index < -0.39 is 6.09 Å². The lowest BCUT2D eigenvalue weighted by molar-refractivity contribution is -0.122. The van der Waals surface area contributed by atoms with Crippen LogP contribution in [0.4, 0.5) is 4.79 Å². The molecule has 0 aliphatic heterocycles. The van der Waals surface area contributed by atoms with Crippen LogP contribution in [-0.4, -0.2) is 18.6 Å². The molecule has 2 amide bonds. The van der Waals surface area contributed by atoms with Gasteiger partial charge in [-0.2, -0.15) is 0 Å². The first-order valence-corrected chi connectivity index (χ1v) is 5.10. The molecule has 0 aromatic rings. The first-order chi connectivity index (χ1) is 7.22. The minimum Gasteiger partial charge on any atom is -0.449 e. The van der Waals surface area contributed by atoms with E-state index in [9.17, 15) is 9.59 Å². The van der Waals surface area contributed by atoms with E-state index in [1.54, 1.807) is 6.92 Å². The Kier molecular flexibility index (Phi) is 4.66. The Hall–Kier alpha value is -1.52. The van der Waals surface area contributed by atoms with E-state index in [1.165, 1.54) is 0 Å². The topological polar surface area (TPSA) is 67.4 Å². The number of rotatable bonds is 3. The molecule has 0 aromatic carbocycles. The van der Waals surface area contributed by atoms with Gasteiger partial charge in [0.05, 0.1) is 6.61 Å². The Morgan fingerprint density at radius 1 is 1.47 bits per heavy atom. The molecule has 84 valence electrons.